The fourth-order valence-electron chi connectivity index (χ4n) is 4.04. The molecule has 2 aromatic carbocycles. The Morgan fingerprint density at radius 3 is 2.81 bits per heavy atom. The Kier molecular flexibility index (Phi) is 6.06. The monoisotopic (exact) mass is 446 g/mol. The maximum absolute atomic E-state index is 12.6. The molecular formula is C22H26N2O6S. The predicted octanol–water partition coefficient (Wildman–Crippen LogP) is 1.88. The van der Waals surface area contributed by atoms with Gasteiger partial charge in [-0.15, -0.1) is 0 Å². The lowest BCUT2D eigenvalue weighted by molar-refractivity contribution is -0.123. The van der Waals surface area contributed by atoms with Crippen LogP contribution in [0, 0.1) is 0 Å². The van der Waals surface area contributed by atoms with Crippen LogP contribution < -0.4 is 19.5 Å². The van der Waals surface area contributed by atoms with Crippen molar-refractivity contribution < 1.29 is 27.4 Å². The van der Waals surface area contributed by atoms with Gasteiger partial charge in [0.2, 0.25) is 10.0 Å². The molecular weight excluding hydrogens is 420 g/mol. The molecule has 1 atom stereocenters. The fourth-order valence-corrected chi connectivity index (χ4v) is 5.08. The normalized spacial score (nSPS) is 19.8. The van der Waals surface area contributed by atoms with Gasteiger partial charge in [0.05, 0.1) is 26.0 Å². The zero-order valence-corrected chi connectivity index (χ0v) is 18.4. The van der Waals surface area contributed by atoms with Crippen molar-refractivity contribution in [2.75, 3.05) is 39.7 Å². The molecule has 0 aliphatic carbocycles. The van der Waals surface area contributed by atoms with Crippen molar-refractivity contribution in [1.29, 1.82) is 0 Å². The Morgan fingerprint density at radius 2 is 2.03 bits per heavy atom. The minimum Gasteiger partial charge on any atom is -0.494 e. The summed E-state index contributed by atoms with van der Waals surface area (Å²) in [5.74, 6) is 1.34. The van der Waals surface area contributed by atoms with Crippen molar-refractivity contribution in [3.8, 4) is 17.2 Å². The van der Waals surface area contributed by atoms with Crippen LogP contribution in [0.4, 0.5) is 0 Å². The molecule has 1 unspecified atom stereocenters. The molecule has 166 valence electrons. The lowest BCUT2D eigenvalue weighted by atomic mass is 9.89. The number of hydrogen-bond donors (Lipinski definition) is 1. The van der Waals surface area contributed by atoms with E-state index >= 15 is 0 Å². The molecule has 0 aromatic heterocycles. The average Bonchev–Trinajstić information content (AvgIpc) is 2.74. The molecule has 0 saturated carbocycles. The summed E-state index contributed by atoms with van der Waals surface area (Å²) in [6, 6.07) is 10.6. The van der Waals surface area contributed by atoms with Crippen LogP contribution in [-0.2, 0) is 21.2 Å². The fraction of sp³-hybridized carbons (Fsp3) is 0.409. The second-order valence-corrected chi connectivity index (χ2v) is 9.58. The molecule has 1 N–H and O–H groups in total. The maximum atomic E-state index is 12.6. The quantitative estimate of drug-likeness (QED) is 0.757. The molecule has 5 rings (SSSR count). The van der Waals surface area contributed by atoms with Gasteiger partial charge in [-0.3, -0.25) is 4.79 Å². The molecule has 9 heteroatoms. The van der Waals surface area contributed by atoms with E-state index in [0.29, 0.717) is 49.8 Å². The maximum Gasteiger partial charge on any atom is 0.257 e. The molecule has 3 heterocycles. The molecule has 0 saturated heterocycles. The van der Waals surface area contributed by atoms with E-state index in [0.717, 1.165) is 16.7 Å². The number of nitrogens with zero attached hydrogens (tertiary/aromatic N) is 1. The summed E-state index contributed by atoms with van der Waals surface area (Å²) in [6.07, 6.45) is 2.39. The van der Waals surface area contributed by atoms with Crippen molar-refractivity contribution in [1.82, 2.24) is 9.62 Å². The number of carbonyl (C=O) groups excluding carboxylic acids is 1. The van der Waals surface area contributed by atoms with E-state index in [1.54, 1.807) is 0 Å². The van der Waals surface area contributed by atoms with Gasteiger partial charge >= 0.3 is 0 Å². The molecule has 0 fully saturated rings. The highest BCUT2D eigenvalue weighted by Gasteiger charge is 2.35. The minimum absolute atomic E-state index is 0.131. The molecule has 6 bridgehead atoms. The number of carbonyl (C=O) groups is 1. The van der Waals surface area contributed by atoms with Crippen LogP contribution in [0.25, 0.3) is 0 Å². The number of fused-ring (bicyclic) bond motifs is 8. The first-order chi connectivity index (χ1) is 14.9. The van der Waals surface area contributed by atoms with Gasteiger partial charge in [0.15, 0.2) is 18.1 Å². The summed E-state index contributed by atoms with van der Waals surface area (Å²) in [7, 11) is -1.95. The van der Waals surface area contributed by atoms with E-state index in [-0.39, 0.29) is 12.5 Å². The summed E-state index contributed by atoms with van der Waals surface area (Å²) in [4.78, 5) is 12.1. The first-order valence-corrected chi connectivity index (χ1v) is 12.0. The molecule has 0 radical (unpaired) electrons. The molecule has 31 heavy (non-hydrogen) atoms. The number of hydrogen-bond acceptors (Lipinski definition) is 6. The van der Waals surface area contributed by atoms with Gasteiger partial charge in [-0.25, -0.2) is 8.42 Å². The molecule has 0 spiro atoms. The summed E-state index contributed by atoms with van der Waals surface area (Å²) < 4.78 is 43.9. The van der Waals surface area contributed by atoms with Crippen molar-refractivity contribution in [3.63, 3.8) is 0 Å². The zero-order chi connectivity index (χ0) is 22.0. The van der Waals surface area contributed by atoms with Gasteiger partial charge in [0.1, 0.15) is 5.75 Å². The third kappa shape index (κ3) is 4.62. The van der Waals surface area contributed by atoms with Gasteiger partial charge < -0.3 is 19.5 Å². The molecule has 1 amide bonds. The van der Waals surface area contributed by atoms with Crippen LogP contribution in [0.3, 0.4) is 0 Å². The first-order valence-electron chi connectivity index (χ1n) is 10.2. The smallest absolute Gasteiger partial charge is 0.257 e. The second kappa shape index (κ2) is 8.76. The van der Waals surface area contributed by atoms with Crippen LogP contribution in [0.1, 0.15) is 29.2 Å². The number of nitrogens with one attached hydrogen (secondary N) is 1. The number of amides is 1. The van der Waals surface area contributed by atoms with Crippen LogP contribution in [-0.4, -0.2) is 58.3 Å². The Morgan fingerprint density at radius 1 is 1.19 bits per heavy atom. The highest BCUT2D eigenvalue weighted by molar-refractivity contribution is 7.88. The van der Waals surface area contributed by atoms with Crippen LogP contribution in [0.2, 0.25) is 0 Å². The van der Waals surface area contributed by atoms with E-state index in [1.807, 2.05) is 36.4 Å². The number of benzene rings is 2. The number of ether oxygens (including phenoxy) is 3. The topological polar surface area (TPSA) is 94.2 Å². The van der Waals surface area contributed by atoms with Crippen LogP contribution in [0.5, 0.6) is 17.2 Å². The lowest BCUT2D eigenvalue weighted by Gasteiger charge is -2.36. The predicted molar refractivity (Wildman–Crippen MR) is 115 cm³/mol. The Hall–Kier alpha value is -2.78. The van der Waals surface area contributed by atoms with Crippen molar-refractivity contribution in [2.24, 2.45) is 0 Å². The van der Waals surface area contributed by atoms with Gasteiger partial charge in [0, 0.05) is 13.1 Å². The molecule has 3 aliphatic heterocycles. The summed E-state index contributed by atoms with van der Waals surface area (Å²) in [6.45, 7) is 1.10. The molecule has 2 aromatic rings. The third-order valence-corrected chi connectivity index (χ3v) is 6.73. The molecule has 8 nitrogen and oxygen atoms in total. The highest BCUT2D eigenvalue weighted by atomic mass is 32.2. The van der Waals surface area contributed by atoms with Crippen LogP contribution >= 0.6 is 0 Å². The largest absolute Gasteiger partial charge is 0.494 e. The number of rotatable bonds is 2. The van der Waals surface area contributed by atoms with E-state index in [9.17, 15) is 13.2 Å². The van der Waals surface area contributed by atoms with Crippen molar-refractivity contribution >= 4 is 15.9 Å². The Balaban J connectivity index is 1.87. The van der Waals surface area contributed by atoms with Gasteiger partial charge in [-0.1, -0.05) is 12.1 Å². The third-order valence-electron chi connectivity index (χ3n) is 5.48. The zero-order valence-electron chi connectivity index (χ0n) is 17.6. The highest BCUT2D eigenvalue weighted by Crippen LogP contribution is 2.42. The minimum atomic E-state index is -3.47. The standard InChI is InChI=1S/C22H26N2O6S/c1-28-19-13-18-15-7-9-24(31(2,26)27)22(18)16-5-3-6-17(11-16)29-10-4-8-23-21(25)14-30-20(19)12-15/h3,5-6,11-13,22H,4,7-10,14H2,1-2H3,(H,23,25). The number of methoxy groups -OCH3 is 1. The average molecular weight is 447 g/mol. The van der Waals surface area contributed by atoms with Gasteiger partial charge in [-0.05, 0) is 53.8 Å². The van der Waals surface area contributed by atoms with Gasteiger partial charge in [-0.2, -0.15) is 4.31 Å². The van der Waals surface area contributed by atoms with E-state index in [1.165, 1.54) is 17.7 Å². The van der Waals surface area contributed by atoms with Crippen molar-refractivity contribution in [3.05, 3.63) is 53.1 Å². The Bertz CT molecular complexity index is 1090. The second-order valence-electron chi connectivity index (χ2n) is 7.64. The summed E-state index contributed by atoms with van der Waals surface area (Å²) >= 11 is 0. The van der Waals surface area contributed by atoms with E-state index in [2.05, 4.69) is 5.32 Å². The summed E-state index contributed by atoms with van der Waals surface area (Å²) in [5, 5.41) is 2.81. The lowest BCUT2D eigenvalue weighted by Crippen LogP contribution is -2.40. The Labute approximate surface area is 182 Å². The number of sulfonamides is 1. The molecule has 3 aliphatic rings. The van der Waals surface area contributed by atoms with Gasteiger partial charge in [0.25, 0.3) is 5.91 Å². The van der Waals surface area contributed by atoms with E-state index < -0.39 is 16.1 Å². The van der Waals surface area contributed by atoms with Crippen LogP contribution in [0.15, 0.2) is 36.4 Å². The summed E-state index contributed by atoms with van der Waals surface area (Å²) in [5.41, 5.74) is 2.61. The van der Waals surface area contributed by atoms with Crippen molar-refractivity contribution in [2.45, 2.75) is 18.9 Å². The SMILES string of the molecule is COc1cc2c3cc1OCC(=O)NCCCOc1cccc(c1)C2N(S(C)(=O)=O)CC3. The van der Waals surface area contributed by atoms with E-state index in [4.69, 9.17) is 14.2 Å². The first kappa shape index (κ1) is 21.5.